The van der Waals surface area contributed by atoms with E-state index in [2.05, 4.69) is 5.32 Å². The van der Waals surface area contributed by atoms with E-state index < -0.39 is 6.04 Å². The third-order valence-corrected chi connectivity index (χ3v) is 2.77. The number of para-hydroxylation sites is 1. The van der Waals surface area contributed by atoms with E-state index in [1.54, 1.807) is 11.9 Å². The fraction of sp³-hybridized carbons (Fsp3) is 0.429. The van der Waals surface area contributed by atoms with E-state index in [-0.39, 0.29) is 17.7 Å². The van der Waals surface area contributed by atoms with Crippen LogP contribution in [0.2, 0.25) is 0 Å². The number of rotatable bonds is 4. The molecule has 4 nitrogen and oxygen atoms in total. The molecule has 0 aliphatic rings. The van der Waals surface area contributed by atoms with Crippen molar-refractivity contribution in [3.05, 3.63) is 30.3 Å². The van der Waals surface area contributed by atoms with E-state index in [9.17, 15) is 9.59 Å². The molecule has 0 spiro atoms. The first-order valence-corrected chi connectivity index (χ1v) is 6.03. The number of likely N-dealkylation sites (N-methyl/N-ethyl adjacent to an activating group) is 1. The zero-order valence-electron chi connectivity index (χ0n) is 11.3. The van der Waals surface area contributed by atoms with Crippen LogP contribution in [-0.2, 0) is 9.59 Å². The Bertz CT molecular complexity index is 415. The lowest BCUT2D eigenvalue weighted by Crippen LogP contribution is -2.49. The van der Waals surface area contributed by atoms with Gasteiger partial charge in [-0.1, -0.05) is 32.0 Å². The highest BCUT2D eigenvalue weighted by Gasteiger charge is 2.26. The monoisotopic (exact) mass is 248 g/mol. The molecule has 0 radical (unpaired) electrons. The zero-order valence-corrected chi connectivity index (χ0v) is 11.3. The highest BCUT2D eigenvalue weighted by atomic mass is 16.2. The predicted molar refractivity (Wildman–Crippen MR) is 72.3 cm³/mol. The van der Waals surface area contributed by atoms with Crippen LogP contribution in [0.1, 0.15) is 20.8 Å². The minimum absolute atomic E-state index is 0.0487. The molecule has 0 aliphatic heterocycles. The van der Waals surface area contributed by atoms with E-state index in [1.807, 2.05) is 44.2 Å². The van der Waals surface area contributed by atoms with Crippen LogP contribution in [0.5, 0.6) is 0 Å². The van der Waals surface area contributed by atoms with Crippen LogP contribution in [0.15, 0.2) is 30.3 Å². The Morgan fingerprint density at radius 3 is 2.17 bits per heavy atom. The lowest BCUT2D eigenvalue weighted by molar-refractivity contribution is -0.127. The number of nitrogens with zero attached hydrogens (tertiary/aromatic N) is 1. The van der Waals surface area contributed by atoms with Gasteiger partial charge < -0.3 is 10.2 Å². The molecule has 1 aromatic carbocycles. The number of anilines is 1. The summed E-state index contributed by atoms with van der Waals surface area (Å²) in [6.45, 7) is 5.25. The quantitative estimate of drug-likeness (QED) is 0.883. The van der Waals surface area contributed by atoms with Crippen LogP contribution in [-0.4, -0.2) is 24.9 Å². The molecule has 1 unspecified atom stereocenters. The molecule has 1 aromatic rings. The summed E-state index contributed by atoms with van der Waals surface area (Å²) in [5.74, 6) is -0.248. The fourth-order valence-electron chi connectivity index (χ4n) is 1.72. The number of amides is 2. The largest absolute Gasteiger partial charge is 0.344 e. The van der Waals surface area contributed by atoms with Crippen LogP contribution in [0.4, 0.5) is 5.69 Å². The van der Waals surface area contributed by atoms with Crippen LogP contribution in [0.3, 0.4) is 0 Å². The second-order valence-electron chi connectivity index (χ2n) is 4.66. The Morgan fingerprint density at radius 2 is 1.72 bits per heavy atom. The molecule has 98 valence electrons. The first kappa shape index (κ1) is 14.2. The van der Waals surface area contributed by atoms with Crippen molar-refractivity contribution in [3.63, 3.8) is 0 Å². The summed E-state index contributed by atoms with van der Waals surface area (Å²) < 4.78 is 0. The van der Waals surface area contributed by atoms with Gasteiger partial charge in [-0.15, -0.1) is 0 Å². The Morgan fingerprint density at radius 1 is 1.17 bits per heavy atom. The van der Waals surface area contributed by atoms with Crippen LogP contribution in [0.25, 0.3) is 0 Å². The molecule has 0 heterocycles. The maximum Gasteiger partial charge on any atom is 0.249 e. The summed E-state index contributed by atoms with van der Waals surface area (Å²) in [6.07, 6.45) is 0. The number of benzene rings is 1. The third kappa shape index (κ3) is 3.58. The molecule has 0 bridgehead atoms. The molecule has 2 amide bonds. The lowest BCUT2D eigenvalue weighted by Gasteiger charge is -2.26. The van der Waals surface area contributed by atoms with E-state index in [4.69, 9.17) is 0 Å². The van der Waals surface area contributed by atoms with Crippen molar-refractivity contribution in [3.8, 4) is 0 Å². The van der Waals surface area contributed by atoms with Gasteiger partial charge in [0.25, 0.3) is 0 Å². The van der Waals surface area contributed by atoms with Gasteiger partial charge >= 0.3 is 0 Å². The Kier molecular flexibility index (Phi) is 4.89. The number of hydrogen-bond donors (Lipinski definition) is 1. The van der Waals surface area contributed by atoms with Crippen LogP contribution >= 0.6 is 0 Å². The fourth-order valence-corrected chi connectivity index (χ4v) is 1.72. The third-order valence-electron chi connectivity index (χ3n) is 2.77. The van der Waals surface area contributed by atoms with Crippen molar-refractivity contribution in [1.82, 2.24) is 5.32 Å². The highest BCUT2D eigenvalue weighted by molar-refractivity contribution is 5.98. The van der Waals surface area contributed by atoms with E-state index in [0.29, 0.717) is 0 Å². The van der Waals surface area contributed by atoms with Crippen molar-refractivity contribution in [2.75, 3.05) is 11.9 Å². The van der Waals surface area contributed by atoms with Crippen molar-refractivity contribution in [2.24, 2.45) is 5.92 Å². The summed E-state index contributed by atoms with van der Waals surface area (Å²) in [5, 5.41) is 2.70. The van der Waals surface area contributed by atoms with Crippen molar-refractivity contribution in [1.29, 1.82) is 0 Å². The molecule has 1 rings (SSSR count). The van der Waals surface area contributed by atoms with Gasteiger partial charge in [0.15, 0.2) is 0 Å². The molecule has 4 heteroatoms. The van der Waals surface area contributed by atoms with Crippen molar-refractivity contribution < 1.29 is 9.59 Å². The summed E-state index contributed by atoms with van der Waals surface area (Å²) in [6, 6.07) is 8.89. The highest BCUT2D eigenvalue weighted by Crippen LogP contribution is 2.14. The Balaban J connectivity index is 2.86. The van der Waals surface area contributed by atoms with Crippen molar-refractivity contribution in [2.45, 2.75) is 26.8 Å². The first-order valence-electron chi connectivity index (χ1n) is 6.03. The minimum atomic E-state index is -0.493. The molecular formula is C14H20N2O2. The lowest BCUT2D eigenvalue weighted by atomic mass is 10.0. The molecule has 0 saturated carbocycles. The standard InChI is InChI=1S/C14H20N2O2/c1-10(2)13(15-11(3)17)14(18)16(4)12-8-6-5-7-9-12/h5-10,13H,1-4H3,(H,15,17). The summed E-state index contributed by atoms with van der Waals surface area (Å²) >= 11 is 0. The molecule has 18 heavy (non-hydrogen) atoms. The molecule has 0 aliphatic carbocycles. The number of hydrogen-bond acceptors (Lipinski definition) is 2. The number of carbonyl (C=O) groups excluding carboxylic acids is 2. The molecule has 0 fully saturated rings. The normalized spacial score (nSPS) is 12.1. The smallest absolute Gasteiger partial charge is 0.249 e. The van der Waals surface area contributed by atoms with Gasteiger partial charge in [0, 0.05) is 19.7 Å². The molecule has 0 aromatic heterocycles. The van der Waals surface area contributed by atoms with Crippen LogP contribution < -0.4 is 10.2 Å². The maximum atomic E-state index is 12.3. The van der Waals surface area contributed by atoms with Gasteiger partial charge in [-0.05, 0) is 18.1 Å². The van der Waals surface area contributed by atoms with Gasteiger partial charge in [0.05, 0.1) is 0 Å². The summed E-state index contributed by atoms with van der Waals surface area (Å²) in [4.78, 5) is 25.0. The Hall–Kier alpha value is -1.84. The second kappa shape index (κ2) is 6.19. The second-order valence-corrected chi connectivity index (χ2v) is 4.66. The summed E-state index contributed by atoms with van der Waals surface area (Å²) in [5.41, 5.74) is 0.818. The van der Waals surface area contributed by atoms with Gasteiger partial charge in [-0.25, -0.2) is 0 Å². The minimum Gasteiger partial charge on any atom is -0.344 e. The molecule has 1 atom stereocenters. The van der Waals surface area contributed by atoms with Gasteiger partial charge in [0.2, 0.25) is 11.8 Å². The maximum absolute atomic E-state index is 12.3. The van der Waals surface area contributed by atoms with E-state index >= 15 is 0 Å². The van der Waals surface area contributed by atoms with Gasteiger partial charge in [-0.2, -0.15) is 0 Å². The molecule has 1 N–H and O–H groups in total. The predicted octanol–water partition coefficient (Wildman–Crippen LogP) is 1.81. The summed E-state index contributed by atoms with van der Waals surface area (Å²) in [7, 11) is 1.72. The van der Waals surface area contributed by atoms with E-state index in [0.717, 1.165) is 5.69 Å². The first-order chi connectivity index (χ1) is 8.43. The molecular weight excluding hydrogens is 228 g/mol. The number of carbonyl (C=O) groups is 2. The topological polar surface area (TPSA) is 49.4 Å². The Labute approximate surface area is 108 Å². The average molecular weight is 248 g/mol. The molecule has 0 saturated heterocycles. The number of nitrogens with one attached hydrogen (secondary N) is 1. The SMILES string of the molecule is CC(=O)NC(C(=O)N(C)c1ccccc1)C(C)C. The van der Waals surface area contributed by atoms with Gasteiger partial charge in [-0.3, -0.25) is 9.59 Å². The zero-order chi connectivity index (χ0) is 13.7. The van der Waals surface area contributed by atoms with Crippen molar-refractivity contribution >= 4 is 17.5 Å². The van der Waals surface area contributed by atoms with E-state index in [1.165, 1.54) is 6.92 Å². The average Bonchev–Trinajstić information content (AvgIpc) is 2.34. The van der Waals surface area contributed by atoms with Gasteiger partial charge in [0.1, 0.15) is 6.04 Å². The van der Waals surface area contributed by atoms with Crippen LogP contribution in [0, 0.1) is 5.92 Å².